The predicted molar refractivity (Wildman–Crippen MR) is 265 cm³/mol. The molecule has 0 fully saturated rings. The summed E-state index contributed by atoms with van der Waals surface area (Å²) in [4.78, 5) is 4.67. The molecule has 1 heterocycles. The molecule has 0 radical (unpaired) electrons. The Morgan fingerprint density at radius 2 is 0.429 bits per heavy atom. The molecule has 0 atom stereocenters. The first-order chi connectivity index (χ1) is 31.2. The van der Waals surface area contributed by atoms with E-state index in [9.17, 15) is 0 Å². The minimum absolute atomic E-state index is 0.843. The summed E-state index contributed by atoms with van der Waals surface area (Å²) < 4.78 is 6.57. The second kappa shape index (κ2) is 16.6. The molecular formula is C60H42N2O. The number of rotatable bonds is 10. The molecule has 11 aromatic rings. The van der Waals surface area contributed by atoms with Crippen molar-refractivity contribution < 1.29 is 4.42 Å². The van der Waals surface area contributed by atoms with Gasteiger partial charge in [-0.1, -0.05) is 170 Å². The van der Waals surface area contributed by atoms with Gasteiger partial charge in [0, 0.05) is 44.9 Å². The average Bonchev–Trinajstić information content (AvgIpc) is 3.73. The van der Waals surface area contributed by atoms with E-state index in [1.165, 1.54) is 44.5 Å². The number of furan rings is 1. The van der Waals surface area contributed by atoms with Gasteiger partial charge in [-0.05, 0) is 129 Å². The van der Waals surface area contributed by atoms with E-state index < -0.39 is 0 Å². The molecule has 3 nitrogen and oxygen atoms in total. The molecular weight excluding hydrogens is 765 g/mol. The molecule has 10 aromatic carbocycles. The summed E-state index contributed by atoms with van der Waals surface area (Å²) in [5, 5.41) is 2.10. The molecule has 0 aliphatic heterocycles. The maximum atomic E-state index is 6.57. The van der Waals surface area contributed by atoms with Crippen LogP contribution in [-0.2, 0) is 0 Å². The molecule has 0 saturated carbocycles. The molecule has 63 heavy (non-hydrogen) atoms. The zero-order valence-corrected chi connectivity index (χ0v) is 34.6. The SMILES string of the molecule is c1ccc(-c2ccc(N(c3ccc(-c4ccccc4)cc3)c3ccc4oc5ccc(N(c6ccc(-c7ccccc7)cc6)c6ccc(-c7ccccc7)cc6)cc5c4c3)cc2)cc1. The van der Waals surface area contributed by atoms with Crippen LogP contribution in [-0.4, -0.2) is 0 Å². The molecule has 3 heteroatoms. The highest BCUT2D eigenvalue weighted by molar-refractivity contribution is 6.08. The summed E-state index contributed by atoms with van der Waals surface area (Å²) >= 11 is 0. The molecule has 0 spiro atoms. The Balaban J connectivity index is 1.02. The van der Waals surface area contributed by atoms with Crippen molar-refractivity contribution in [3.63, 3.8) is 0 Å². The lowest BCUT2D eigenvalue weighted by atomic mass is 10.0. The second-order valence-electron chi connectivity index (χ2n) is 15.8. The van der Waals surface area contributed by atoms with Crippen LogP contribution in [0.4, 0.5) is 34.1 Å². The lowest BCUT2D eigenvalue weighted by Gasteiger charge is -2.26. The quantitative estimate of drug-likeness (QED) is 0.137. The number of hydrogen-bond donors (Lipinski definition) is 0. The van der Waals surface area contributed by atoms with E-state index in [1.54, 1.807) is 0 Å². The second-order valence-corrected chi connectivity index (χ2v) is 15.8. The van der Waals surface area contributed by atoms with Gasteiger partial charge in [-0.15, -0.1) is 0 Å². The normalized spacial score (nSPS) is 11.2. The molecule has 0 amide bonds. The maximum Gasteiger partial charge on any atom is 0.135 e. The van der Waals surface area contributed by atoms with Crippen LogP contribution < -0.4 is 9.80 Å². The van der Waals surface area contributed by atoms with Crippen LogP contribution in [0.3, 0.4) is 0 Å². The summed E-state index contributed by atoms with van der Waals surface area (Å²) in [6, 6.07) is 90.6. The summed E-state index contributed by atoms with van der Waals surface area (Å²) in [6.07, 6.45) is 0. The summed E-state index contributed by atoms with van der Waals surface area (Å²) in [7, 11) is 0. The van der Waals surface area contributed by atoms with Crippen LogP contribution >= 0.6 is 0 Å². The van der Waals surface area contributed by atoms with Gasteiger partial charge in [0.1, 0.15) is 11.2 Å². The molecule has 11 rings (SSSR count). The molecule has 298 valence electrons. The fourth-order valence-electron chi connectivity index (χ4n) is 8.66. The van der Waals surface area contributed by atoms with Gasteiger partial charge in [0.2, 0.25) is 0 Å². The Hall–Kier alpha value is -8.40. The maximum absolute atomic E-state index is 6.57. The van der Waals surface area contributed by atoms with Crippen molar-refractivity contribution in [1.29, 1.82) is 0 Å². The van der Waals surface area contributed by atoms with Gasteiger partial charge >= 0.3 is 0 Å². The number of nitrogens with zero attached hydrogens (tertiary/aromatic N) is 2. The van der Waals surface area contributed by atoms with Crippen LogP contribution in [0.5, 0.6) is 0 Å². The van der Waals surface area contributed by atoms with Gasteiger partial charge < -0.3 is 14.2 Å². The molecule has 0 aliphatic carbocycles. The van der Waals surface area contributed by atoms with Crippen LogP contribution in [0.15, 0.2) is 259 Å². The van der Waals surface area contributed by atoms with Crippen LogP contribution in [0.2, 0.25) is 0 Å². The molecule has 1 aromatic heterocycles. The number of fused-ring (bicyclic) bond motifs is 3. The molecule has 0 saturated heterocycles. The van der Waals surface area contributed by atoms with Crippen molar-refractivity contribution in [2.45, 2.75) is 0 Å². The van der Waals surface area contributed by atoms with E-state index in [0.717, 1.165) is 56.1 Å². The first-order valence-corrected chi connectivity index (χ1v) is 21.4. The lowest BCUT2D eigenvalue weighted by molar-refractivity contribution is 0.669. The largest absolute Gasteiger partial charge is 0.456 e. The zero-order valence-electron chi connectivity index (χ0n) is 34.6. The molecule has 0 N–H and O–H groups in total. The van der Waals surface area contributed by atoms with Gasteiger partial charge in [0.15, 0.2) is 0 Å². The Bertz CT molecular complexity index is 2880. The summed E-state index contributed by atoms with van der Waals surface area (Å²) in [5.74, 6) is 0. The van der Waals surface area contributed by atoms with Crippen molar-refractivity contribution >= 4 is 56.1 Å². The predicted octanol–water partition coefficient (Wildman–Crippen LogP) is 17.2. The van der Waals surface area contributed by atoms with E-state index in [1.807, 2.05) is 0 Å². The van der Waals surface area contributed by atoms with E-state index in [2.05, 4.69) is 265 Å². The highest BCUT2D eigenvalue weighted by Gasteiger charge is 2.19. The van der Waals surface area contributed by atoms with Gasteiger partial charge in [0.25, 0.3) is 0 Å². The van der Waals surface area contributed by atoms with Gasteiger partial charge in [-0.2, -0.15) is 0 Å². The zero-order chi connectivity index (χ0) is 42.0. The highest BCUT2D eigenvalue weighted by atomic mass is 16.3. The monoisotopic (exact) mass is 806 g/mol. The number of anilines is 6. The highest BCUT2D eigenvalue weighted by Crippen LogP contribution is 2.43. The standard InChI is InChI=1S/C60H42N2O/c1-5-13-43(14-6-1)47-21-29-51(30-22-47)61(52-31-23-48(24-32-52)44-15-7-2-8-16-44)55-37-39-59-57(41-55)58-42-56(38-40-60(58)63-59)62(53-33-25-49(26-34-53)45-17-9-3-10-18-45)54-35-27-50(28-36-54)46-19-11-4-12-20-46/h1-42H. The topological polar surface area (TPSA) is 19.6 Å². The van der Waals surface area contributed by atoms with E-state index >= 15 is 0 Å². The Kier molecular flexibility index (Phi) is 9.89. The van der Waals surface area contributed by atoms with Crippen LogP contribution in [0, 0.1) is 0 Å². The first kappa shape index (κ1) is 37.6. The van der Waals surface area contributed by atoms with Gasteiger partial charge in [-0.25, -0.2) is 0 Å². The summed E-state index contributed by atoms with van der Waals surface area (Å²) in [5.41, 5.74) is 17.5. The fourth-order valence-corrected chi connectivity index (χ4v) is 8.66. The Labute approximate surface area is 368 Å². The van der Waals surface area contributed by atoms with Gasteiger partial charge in [0.05, 0.1) is 0 Å². The average molecular weight is 807 g/mol. The first-order valence-electron chi connectivity index (χ1n) is 21.4. The third kappa shape index (κ3) is 7.54. The Morgan fingerprint density at radius 1 is 0.206 bits per heavy atom. The number of benzene rings is 10. The molecule has 0 aliphatic rings. The Morgan fingerprint density at radius 3 is 0.683 bits per heavy atom. The van der Waals surface area contributed by atoms with E-state index in [4.69, 9.17) is 4.42 Å². The molecule has 0 unspecified atom stereocenters. The van der Waals surface area contributed by atoms with Crippen LogP contribution in [0.25, 0.3) is 66.4 Å². The third-order valence-corrected chi connectivity index (χ3v) is 11.9. The minimum atomic E-state index is 0.843. The summed E-state index contributed by atoms with van der Waals surface area (Å²) in [6.45, 7) is 0. The van der Waals surface area contributed by atoms with Crippen molar-refractivity contribution in [3.8, 4) is 44.5 Å². The van der Waals surface area contributed by atoms with Gasteiger partial charge in [-0.3, -0.25) is 0 Å². The van der Waals surface area contributed by atoms with Crippen LogP contribution in [0.1, 0.15) is 0 Å². The van der Waals surface area contributed by atoms with E-state index in [-0.39, 0.29) is 0 Å². The van der Waals surface area contributed by atoms with Crippen molar-refractivity contribution in [2.24, 2.45) is 0 Å². The minimum Gasteiger partial charge on any atom is -0.456 e. The van der Waals surface area contributed by atoms with E-state index in [0.29, 0.717) is 0 Å². The molecule has 0 bridgehead atoms. The van der Waals surface area contributed by atoms with Crippen molar-refractivity contribution in [2.75, 3.05) is 9.80 Å². The smallest absolute Gasteiger partial charge is 0.135 e. The third-order valence-electron chi connectivity index (χ3n) is 11.9. The number of hydrogen-bond acceptors (Lipinski definition) is 3. The van der Waals surface area contributed by atoms with Crippen molar-refractivity contribution in [3.05, 3.63) is 255 Å². The van der Waals surface area contributed by atoms with Crippen molar-refractivity contribution in [1.82, 2.24) is 0 Å². The lowest BCUT2D eigenvalue weighted by Crippen LogP contribution is -2.10. The fraction of sp³-hybridized carbons (Fsp3) is 0.